The summed E-state index contributed by atoms with van der Waals surface area (Å²) < 4.78 is 3.77. The summed E-state index contributed by atoms with van der Waals surface area (Å²) in [6, 6.07) is 9.55. The lowest BCUT2D eigenvalue weighted by Gasteiger charge is -2.11. The molecule has 0 bridgehead atoms. The zero-order chi connectivity index (χ0) is 22.4. The summed E-state index contributed by atoms with van der Waals surface area (Å²) in [6.07, 6.45) is 5.73. The molecule has 3 heterocycles. The zero-order valence-corrected chi connectivity index (χ0v) is 19.3. The van der Waals surface area contributed by atoms with Crippen LogP contribution >= 0.6 is 22.9 Å². The topological polar surface area (TPSA) is 58.5 Å². The molecule has 32 heavy (non-hydrogen) atoms. The number of hydrogen-bond acceptors (Lipinski definition) is 4. The molecule has 160 valence electrons. The summed E-state index contributed by atoms with van der Waals surface area (Å²) in [5.41, 5.74) is 3.97. The van der Waals surface area contributed by atoms with E-state index in [9.17, 15) is 9.90 Å². The van der Waals surface area contributed by atoms with E-state index >= 15 is 0 Å². The van der Waals surface area contributed by atoms with Crippen molar-refractivity contribution in [2.45, 2.75) is 33.2 Å². The lowest BCUT2D eigenvalue weighted by molar-refractivity contribution is -0.671. The number of fused-ring (bicyclic) bond motifs is 1. The Bertz CT molecular complexity index is 1490. The quantitative estimate of drug-likeness (QED) is 0.360. The fourth-order valence-electron chi connectivity index (χ4n) is 3.89. The largest absolute Gasteiger partial charge is 0.477 e. The van der Waals surface area contributed by atoms with Gasteiger partial charge in [0.05, 0.1) is 11.1 Å². The average Bonchev–Trinajstić information content (AvgIpc) is 3.49. The van der Waals surface area contributed by atoms with E-state index in [0.717, 1.165) is 34.4 Å². The number of thiazole rings is 1. The lowest BCUT2D eigenvalue weighted by Crippen LogP contribution is -2.41. The summed E-state index contributed by atoms with van der Waals surface area (Å²) in [7, 11) is 0. The highest BCUT2D eigenvalue weighted by molar-refractivity contribution is 7.15. The Morgan fingerprint density at radius 2 is 2.12 bits per heavy atom. The third-order valence-corrected chi connectivity index (χ3v) is 6.63. The molecule has 7 heteroatoms. The van der Waals surface area contributed by atoms with Crippen LogP contribution in [0.3, 0.4) is 0 Å². The second-order valence-electron chi connectivity index (χ2n) is 8.19. The minimum Gasteiger partial charge on any atom is -0.477 e. The van der Waals surface area contributed by atoms with Gasteiger partial charge in [-0.2, -0.15) is 8.97 Å². The van der Waals surface area contributed by atoms with E-state index in [0.29, 0.717) is 28.1 Å². The monoisotopic (exact) mass is 462 g/mol. The van der Waals surface area contributed by atoms with Crippen molar-refractivity contribution >= 4 is 28.6 Å². The summed E-state index contributed by atoms with van der Waals surface area (Å²) in [5, 5.41) is 11.4. The van der Waals surface area contributed by atoms with Crippen molar-refractivity contribution in [2.24, 2.45) is 5.92 Å². The van der Waals surface area contributed by atoms with Crippen LogP contribution in [0.25, 0.3) is 16.8 Å². The number of aromatic hydroxyl groups is 1. The van der Waals surface area contributed by atoms with Gasteiger partial charge < -0.3 is 5.11 Å². The van der Waals surface area contributed by atoms with Gasteiger partial charge in [0, 0.05) is 23.2 Å². The Kier molecular flexibility index (Phi) is 5.24. The van der Waals surface area contributed by atoms with Crippen molar-refractivity contribution in [1.82, 2.24) is 9.38 Å². The van der Waals surface area contributed by atoms with Gasteiger partial charge in [-0.3, -0.25) is 0 Å². The third-order valence-electron chi connectivity index (χ3n) is 5.53. The summed E-state index contributed by atoms with van der Waals surface area (Å²) in [6.45, 7) is 4.24. The Morgan fingerprint density at radius 3 is 2.84 bits per heavy atom. The van der Waals surface area contributed by atoms with Crippen LogP contribution in [0.15, 0.2) is 47.5 Å². The highest BCUT2D eigenvalue weighted by atomic mass is 35.5. The first-order valence-corrected chi connectivity index (χ1v) is 11.6. The summed E-state index contributed by atoms with van der Waals surface area (Å²) in [4.78, 5) is 18.5. The molecular formula is C25H21ClN3O2S+. The molecule has 5 nitrogen and oxygen atoms in total. The Morgan fingerprint density at radius 1 is 1.31 bits per heavy atom. The van der Waals surface area contributed by atoms with Gasteiger partial charge in [0.25, 0.3) is 11.5 Å². The highest BCUT2D eigenvalue weighted by Crippen LogP contribution is 2.29. The maximum atomic E-state index is 13.5. The smallest absolute Gasteiger partial charge is 0.354 e. The normalized spacial score (nSPS) is 13.2. The first kappa shape index (κ1) is 20.7. The Labute approximate surface area is 194 Å². The van der Waals surface area contributed by atoms with E-state index in [1.54, 1.807) is 21.4 Å². The molecule has 0 unspecified atom stereocenters. The van der Waals surface area contributed by atoms with Crippen LogP contribution < -0.4 is 10.1 Å². The second-order valence-corrected chi connectivity index (χ2v) is 9.88. The fraction of sp³-hybridized carbons (Fsp3) is 0.240. The number of hydrogen-bond donors (Lipinski definition) is 1. The molecular weight excluding hydrogens is 442 g/mol. The SMILES string of the molecule is Cc1cc(C#CC2CC2)cc(-c2c(O)[n+](Cc3cnc(Cl)s3)c3c(C)cccn3c2=O)c1. The minimum atomic E-state index is -0.272. The van der Waals surface area contributed by atoms with Gasteiger partial charge in [0.15, 0.2) is 10.0 Å². The molecule has 3 aromatic heterocycles. The van der Waals surface area contributed by atoms with Crippen molar-refractivity contribution in [3.63, 3.8) is 0 Å². The van der Waals surface area contributed by atoms with Crippen LogP contribution in [0.5, 0.6) is 5.88 Å². The number of pyridine rings is 1. The molecule has 0 radical (unpaired) electrons. The summed E-state index contributed by atoms with van der Waals surface area (Å²) in [5.74, 6) is 6.90. The van der Waals surface area contributed by atoms with Crippen molar-refractivity contribution in [1.29, 1.82) is 0 Å². The first-order chi connectivity index (χ1) is 15.4. The predicted octanol–water partition coefficient (Wildman–Crippen LogP) is 4.50. The van der Waals surface area contributed by atoms with E-state index in [4.69, 9.17) is 11.6 Å². The van der Waals surface area contributed by atoms with Gasteiger partial charge in [0.1, 0.15) is 6.54 Å². The van der Waals surface area contributed by atoms with Crippen LogP contribution in [-0.2, 0) is 6.54 Å². The van der Waals surface area contributed by atoms with Crippen LogP contribution in [0, 0.1) is 31.6 Å². The molecule has 0 aliphatic heterocycles. The minimum absolute atomic E-state index is 0.0828. The first-order valence-electron chi connectivity index (χ1n) is 10.4. The van der Waals surface area contributed by atoms with E-state index in [-0.39, 0.29) is 17.0 Å². The van der Waals surface area contributed by atoms with Crippen molar-refractivity contribution < 1.29 is 9.67 Å². The fourth-order valence-corrected chi connectivity index (χ4v) is 4.86. The molecule has 4 aromatic rings. The van der Waals surface area contributed by atoms with Crippen LogP contribution in [0.4, 0.5) is 0 Å². The maximum absolute atomic E-state index is 13.5. The number of nitrogens with zero attached hydrogens (tertiary/aromatic N) is 3. The number of halogens is 1. The molecule has 1 saturated carbocycles. The summed E-state index contributed by atoms with van der Waals surface area (Å²) >= 11 is 7.38. The molecule has 1 N–H and O–H groups in total. The molecule has 1 aliphatic rings. The second kappa shape index (κ2) is 8.09. The highest BCUT2D eigenvalue weighted by Gasteiger charge is 2.27. The Hall–Kier alpha value is -3.14. The molecule has 0 atom stereocenters. The predicted molar refractivity (Wildman–Crippen MR) is 126 cm³/mol. The Balaban J connectivity index is 1.76. The van der Waals surface area contributed by atoms with E-state index in [2.05, 4.69) is 16.8 Å². The molecule has 5 rings (SSSR count). The van der Waals surface area contributed by atoms with Gasteiger partial charge >= 0.3 is 5.56 Å². The molecule has 0 saturated heterocycles. The molecule has 0 amide bonds. The maximum Gasteiger partial charge on any atom is 0.354 e. The number of aromatic nitrogens is 3. The van der Waals surface area contributed by atoms with Crippen LogP contribution in [0.1, 0.15) is 34.4 Å². The van der Waals surface area contributed by atoms with Gasteiger partial charge in [-0.15, -0.1) is 11.3 Å². The van der Waals surface area contributed by atoms with Crippen LogP contribution in [0.2, 0.25) is 4.47 Å². The number of benzene rings is 1. The van der Waals surface area contributed by atoms with Crippen molar-refractivity contribution in [2.75, 3.05) is 0 Å². The molecule has 1 fully saturated rings. The van der Waals surface area contributed by atoms with E-state index in [1.807, 2.05) is 44.2 Å². The average molecular weight is 463 g/mol. The van der Waals surface area contributed by atoms with E-state index < -0.39 is 0 Å². The van der Waals surface area contributed by atoms with Gasteiger partial charge in [-0.05, 0) is 62.1 Å². The van der Waals surface area contributed by atoms with Crippen molar-refractivity contribution in [3.8, 4) is 28.8 Å². The lowest BCUT2D eigenvalue weighted by atomic mass is 10.0. The van der Waals surface area contributed by atoms with Gasteiger partial charge in [-0.1, -0.05) is 29.5 Å². The third kappa shape index (κ3) is 3.90. The molecule has 0 spiro atoms. The number of rotatable bonds is 3. The van der Waals surface area contributed by atoms with Crippen molar-refractivity contribution in [3.05, 3.63) is 79.1 Å². The van der Waals surface area contributed by atoms with Crippen LogP contribution in [-0.4, -0.2) is 14.5 Å². The zero-order valence-electron chi connectivity index (χ0n) is 17.7. The molecule has 1 aliphatic carbocycles. The van der Waals surface area contributed by atoms with E-state index in [1.165, 1.54) is 11.3 Å². The van der Waals surface area contributed by atoms with Gasteiger partial charge in [-0.25, -0.2) is 9.78 Å². The van der Waals surface area contributed by atoms with Gasteiger partial charge in [0.2, 0.25) is 0 Å². The standard InChI is InChI=1S/C25H20ClN3O2S/c1-15-10-18(8-7-17-5-6-17)12-19(11-15)21-23(30)28-9-3-4-16(2)22(28)29(24(21)31)14-20-13-27-25(26)32-20/h3-4,9-13,17H,5-6,14H2,1-2H3/p+1. The molecule has 1 aromatic carbocycles. The number of aryl methyl sites for hydroxylation is 2.